The lowest BCUT2D eigenvalue weighted by atomic mass is 10.2. The first-order chi connectivity index (χ1) is 6.18. The Morgan fingerprint density at radius 3 is 3.08 bits per heavy atom. The lowest BCUT2D eigenvalue weighted by Crippen LogP contribution is -2.42. The van der Waals surface area contributed by atoms with Crippen molar-refractivity contribution in [2.75, 3.05) is 33.4 Å². The van der Waals surface area contributed by atoms with E-state index in [1.807, 2.05) is 11.9 Å². The first kappa shape index (κ1) is 8.37. The Morgan fingerprint density at radius 1 is 1.62 bits per heavy atom. The second-order valence-corrected chi connectivity index (χ2v) is 3.48. The van der Waals surface area contributed by atoms with Crippen LogP contribution in [0.15, 0.2) is 11.4 Å². The van der Waals surface area contributed by atoms with Gasteiger partial charge in [-0.3, -0.25) is 4.90 Å². The maximum atomic E-state index is 10.9. The summed E-state index contributed by atoms with van der Waals surface area (Å²) in [4.78, 5) is 15.0. The average molecular weight is 183 g/mol. The summed E-state index contributed by atoms with van der Waals surface area (Å²) in [5.74, 6) is -0.00782. The lowest BCUT2D eigenvalue weighted by Gasteiger charge is -2.32. The van der Waals surface area contributed by atoms with Gasteiger partial charge in [0.25, 0.3) is 0 Å². The second kappa shape index (κ2) is 2.92. The Hall–Kier alpha value is -1.23. The monoisotopic (exact) mass is 183 g/mol. The van der Waals surface area contributed by atoms with Crippen LogP contribution >= 0.6 is 0 Å². The third-order valence-corrected chi connectivity index (χ3v) is 2.37. The third kappa shape index (κ3) is 1.35. The van der Waals surface area contributed by atoms with E-state index in [0.29, 0.717) is 12.1 Å². The number of carboxylic acids is 1. The maximum absolute atomic E-state index is 10.9. The molecule has 0 amide bonds. The van der Waals surface area contributed by atoms with Gasteiger partial charge in [0.1, 0.15) is 5.82 Å². The third-order valence-electron chi connectivity index (χ3n) is 2.37. The van der Waals surface area contributed by atoms with Gasteiger partial charge in [0, 0.05) is 19.6 Å². The largest absolute Gasteiger partial charge is 0.478 e. The van der Waals surface area contributed by atoms with Gasteiger partial charge >= 0.3 is 5.97 Å². The van der Waals surface area contributed by atoms with Crippen LogP contribution in [0.25, 0.3) is 0 Å². The number of nitrogens with one attached hydrogen (secondary N) is 1. The number of nitrogens with zero attached hydrogens (tertiary/aromatic N) is 2. The molecule has 0 spiro atoms. The minimum absolute atomic E-state index is 0.478. The Bertz CT molecular complexity index is 275. The van der Waals surface area contributed by atoms with Crippen LogP contribution in [0.3, 0.4) is 0 Å². The molecule has 1 saturated heterocycles. The predicted molar refractivity (Wildman–Crippen MR) is 46.9 cm³/mol. The fraction of sp³-hybridized carbons (Fsp3) is 0.625. The molecule has 2 aliphatic heterocycles. The van der Waals surface area contributed by atoms with Crippen molar-refractivity contribution in [3.63, 3.8) is 0 Å². The van der Waals surface area contributed by atoms with Crippen molar-refractivity contribution in [3.05, 3.63) is 11.4 Å². The van der Waals surface area contributed by atoms with Crippen molar-refractivity contribution in [2.45, 2.75) is 0 Å². The highest BCUT2D eigenvalue weighted by Gasteiger charge is 2.29. The molecule has 2 rings (SSSR count). The summed E-state index contributed by atoms with van der Waals surface area (Å²) in [6, 6.07) is 0. The van der Waals surface area contributed by atoms with Gasteiger partial charge in [-0.15, -0.1) is 0 Å². The number of carbonyl (C=O) groups is 1. The molecule has 0 aromatic carbocycles. The molecule has 0 atom stereocenters. The van der Waals surface area contributed by atoms with Gasteiger partial charge in [0.2, 0.25) is 0 Å². The summed E-state index contributed by atoms with van der Waals surface area (Å²) in [6.07, 6.45) is 0. The number of likely N-dealkylation sites (N-methyl/N-ethyl adjacent to an activating group) is 1. The Morgan fingerprint density at radius 2 is 2.38 bits per heavy atom. The van der Waals surface area contributed by atoms with Gasteiger partial charge in [-0.25, -0.2) is 4.79 Å². The zero-order valence-corrected chi connectivity index (χ0v) is 7.58. The average Bonchev–Trinajstić information content (AvgIpc) is 2.49. The van der Waals surface area contributed by atoms with Gasteiger partial charge < -0.3 is 15.3 Å². The molecule has 5 nitrogen and oxygen atoms in total. The molecule has 13 heavy (non-hydrogen) atoms. The summed E-state index contributed by atoms with van der Waals surface area (Å²) < 4.78 is 0. The molecule has 2 aliphatic rings. The molecule has 2 N–H and O–H groups in total. The molecule has 0 radical (unpaired) electrons. The highest BCUT2D eigenvalue weighted by atomic mass is 16.4. The van der Waals surface area contributed by atoms with Crippen LogP contribution in [-0.4, -0.2) is 54.2 Å². The molecule has 72 valence electrons. The van der Waals surface area contributed by atoms with Crippen LogP contribution in [0, 0.1) is 0 Å². The van der Waals surface area contributed by atoms with E-state index in [0.717, 1.165) is 25.6 Å². The van der Waals surface area contributed by atoms with Crippen molar-refractivity contribution in [3.8, 4) is 0 Å². The maximum Gasteiger partial charge on any atom is 0.336 e. The van der Waals surface area contributed by atoms with Crippen LogP contribution < -0.4 is 5.32 Å². The van der Waals surface area contributed by atoms with E-state index >= 15 is 0 Å². The summed E-state index contributed by atoms with van der Waals surface area (Å²) in [6.45, 7) is 3.09. The van der Waals surface area contributed by atoms with E-state index in [2.05, 4.69) is 10.2 Å². The number of carboxylic acid groups (broad SMARTS) is 1. The first-order valence-electron chi connectivity index (χ1n) is 4.32. The fourth-order valence-corrected chi connectivity index (χ4v) is 1.83. The Labute approximate surface area is 76.6 Å². The Balaban J connectivity index is 2.32. The van der Waals surface area contributed by atoms with E-state index in [1.165, 1.54) is 0 Å². The first-order valence-corrected chi connectivity index (χ1v) is 4.32. The van der Waals surface area contributed by atoms with Crippen LogP contribution in [0.5, 0.6) is 0 Å². The standard InChI is InChI=1S/C8H13N3O2/c1-10-4-6(8(12)13)7-9-2-3-11(7)5-10/h9H,2-5H2,1H3,(H,12,13). The molecule has 1 fully saturated rings. The normalized spacial score (nSPS) is 23.0. The summed E-state index contributed by atoms with van der Waals surface area (Å²) in [5, 5.41) is 12.1. The fourth-order valence-electron chi connectivity index (χ4n) is 1.83. The zero-order valence-electron chi connectivity index (χ0n) is 7.58. The van der Waals surface area contributed by atoms with Gasteiger partial charge in [0.15, 0.2) is 0 Å². The van der Waals surface area contributed by atoms with Gasteiger partial charge in [-0.2, -0.15) is 0 Å². The number of hydrogen-bond acceptors (Lipinski definition) is 4. The van der Waals surface area contributed by atoms with E-state index in [9.17, 15) is 4.79 Å². The lowest BCUT2D eigenvalue weighted by molar-refractivity contribution is -0.133. The molecule has 0 unspecified atom stereocenters. The molecule has 0 aliphatic carbocycles. The predicted octanol–water partition coefficient (Wildman–Crippen LogP) is -0.909. The van der Waals surface area contributed by atoms with Crippen molar-refractivity contribution in [1.29, 1.82) is 0 Å². The molecule has 0 aromatic heterocycles. The number of aliphatic carboxylic acids is 1. The molecule has 0 aromatic rings. The van der Waals surface area contributed by atoms with E-state index in [1.54, 1.807) is 0 Å². The SMILES string of the molecule is CN1CC(C(=O)O)=C2NCCN2C1. The van der Waals surface area contributed by atoms with E-state index in [4.69, 9.17) is 5.11 Å². The highest BCUT2D eigenvalue weighted by molar-refractivity contribution is 5.88. The smallest absolute Gasteiger partial charge is 0.336 e. The van der Waals surface area contributed by atoms with Crippen LogP contribution in [0.2, 0.25) is 0 Å². The van der Waals surface area contributed by atoms with Crippen molar-refractivity contribution < 1.29 is 9.90 Å². The topological polar surface area (TPSA) is 55.8 Å². The molecule has 2 heterocycles. The van der Waals surface area contributed by atoms with E-state index < -0.39 is 5.97 Å². The summed E-state index contributed by atoms with van der Waals surface area (Å²) >= 11 is 0. The molecule has 0 bridgehead atoms. The summed E-state index contributed by atoms with van der Waals surface area (Å²) in [5.41, 5.74) is 0.478. The number of rotatable bonds is 1. The minimum Gasteiger partial charge on any atom is -0.478 e. The van der Waals surface area contributed by atoms with Gasteiger partial charge in [-0.1, -0.05) is 0 Å². The van der Waals surface area contributed by atoms with Crippen molar-refractivity contribution in [1.82, 2.24) is 15.1 Å². The Kier molecular flexibility index (Phi) is 1.88. The minimum atomic E-state index is -0.819. The summed E-state index contributed by atoms with van der Waals surface area (Å²) in [7, 11) is 1.93. The van der Waals surface area contributed by atoms with Gasteiger partial charge in [-0.05, 0) is 7.05 Å². The molecular formula is C8H13N3O2. The molecule has 0 saturated carbocycles. The van der Waals surface area contributed by atoms with Crippen molar-refractivity contribution >= 4 is 5.97 Å². The van der Waals surface area contributed by atoms with E-state index in [-0.39, 0.29) is 0 Å². The quantitative estimate of drug-likeness (QED) is 0.551. The van der Waals surface area contributed by atoms with Crippen LogP contribution in [0.1, 0.15) is 0 Å². The van der Waals surface area contributed by atoms with Crippen LogP contribution in [0.4, 0.5) is 0 Å². The number of hydrogen-bond donors (Lipinski definition) is 2. The molecular weight excluding hydrogens is 170 g/mol. The zero-order chi connectivity index (χ0) is 9.42. The van der Waals surface area contributed by atoms with Gasteiger partial charge in [0.05, 0.1) is 12.2 Å². The van der Waals surface area contributed by atoms with Crippen molar-refractivity contribution in [2.24, 2.45) is 0 Å². The second-order valence-electron chi connectivity index (χ2n) is 3.48. The highest BCUT2D eigenvalue weighted by Crippen LogP contribution is 2.18. The van der Waals surface area contributed by atoms with Crippen LogP contribution in [-0.2, 0) is 4.79 Å². The molecule has 5 heteroatoms. The number of fused-ring (bicyclic) bond motifs is 1.